The van der Waals surface area contributed by atoms with Gasteiger partial charge in [-0.1, -0.05) is 11.6 Å². The van der Waals surface area contributed by atoms with E-state index in [0.29, 0.717) is 6.54 Å². The van der Waals surface area contributed by atoms with Gasteiger partial charge in [0.1, 0.15) is 12.4 Å². The van der Waals surface area contributed by atoms with Gasteiger partial charge in [-0.2, -0.15) is 4.37 Å². The van der Waals surface area contributed by atoms with E-state index in [0.717, 1.165) is 66.8 Å². The number of fused-ring (bicyclic) bond motifs is 1. The summed E-state index contributed by atoms with van der Waals surface area (Å²) in [6.45, 7) is 6.86. The van der Waals surface area contributed by atoms with Crippen molar-refractivity contribution in [2.45, 2.75) is 44.0 Å². The van der Waals surface area contributed by atoms with Crippen molar-refractivity contribution in [2.24, 2.45) is 0 Å². The fourth-order valence-corrected chi connectivity index (χ4v) is 6.32. The fraction of sp³-hybridized carbons (Fsp3) is 0.400. The van der Waals surface area contributed by atoms with Crippen molar-refractivity contribution in [3.8, 4) is 0 Å². The Morgan fingerprint density at radius 2 is 2.03 bits per heavy atom. The number of sulfonamides is 1. The lowest BCUT2D eigenvalue weighted by atomic mass is 10.00. The van der Waals surface area contributed by atoms with Crippen LogP contribution < -0.4 is 19.8 Å². The maximum absolute atomic E-state index is 12.9. The molecule has 4 rings (SSSR count). The minimum absolute atomic E-state index is 0.00309. The zero-order chi connectivity index (χ0) is 26.4. The van der Waals surface area contributed by atoms with Crippen molar-refractivity contribution in [1.82, 2.24) is 14.7 Å². The molecular formula is C25H31ClN6O3S2. The molecule has 0 saturated carbocycles. The Morgan fingerprint density at radius 3 is 2.73 bits per heavy atom. The summed E-state index contributed by atoms with van der Waals surface area (Å²) in [5.41, 5.74) is 3.19. The molecule has 0 radical (unpaired) electrons. The van der Waals surface area contributed by atoms with Gasteiger partial charge < -0.3 is 15.1 Å². The molecule has 37 heavy (non-hydrogen) atoms. The predicted molar refractivity (Wildman–Crippen MR) is 149 cm³/mol. The van der Waals surface area contributed by atoms with Crippen LogP contribution in [0, 0.1) is 0 Å². The number of benzene rings is 2. The van der Waals surface area contributed by atoms with Crippen LogP contribution in [0.15, 0.2) is 53.7 Å². The minimum atomic E-state index is -3.72. The molecule has 2 aromatic carbocycles. The Kier molecular flexibility index (Phi) is 8.88. The molecule has 0 bridgehead atoms. The summed E-state index contributed by atoms with van der Waals surface area (Å²) in [4.78, 5) is 21.2. The van der Waals surface area contributed by atoms with Crippen LogP contribution in [0.3, 0.4) is 0 Å². The number of nitrogens with zero attached hydrogens (tertiary/aromatic N) is 4. The van der Waals surface area contributed by atoms with Gasteiger partial charge in [0.15, 0.2) is 0 Å². The molecule has 1 aromatic heterocycles. The molecular weight excluding hydrogens is 532 g/mol. The van der Waals surface area contributed by atoms with Crippen LogP contribution in [-0.4, -0.2) is 55.9 Å². The van der Waals surface area contributed by atoms with E-state index in [1.807, 2.05) is 32.0 Å². The monoisotopic (exact) mass is 562 g/mol. The Hall–Kier alpha value is -2.89. The number of hydrogen-bond acceptors (Lipinski definition) is 8. The van der Waals surface area contributed by atoms with E-state index in [9.17, 15) is 13.2 Å². The van der Waals surface area contributed by atoms with E-state index < -0.39 is 10.0 Å². The lowest BCUT2D eigenvalue weighted by molar-refractivity contribution is -0.122. The van der Waals surface area contributed by atoms with Crippen molar-refractivity contribution in [2.75, 3.05) is 40.7 Å². The van der Waals surface area contributed by atoms with Crippen LogP contribution in [0.4, 0.5) is 16.5 Å². The molecule has 0 fully saturated rings. The van der Waals surface area contributed by atoms with Gasteiger partial charge in [-0.15, -0.1) is 0 Å². The molecule has 3 aromatic rings. The number of halogens is 1. The quantitative estimate of drug-likeness (QED) is 0.338. The molecule has 2 N–H and O–H groups in total. The van der Waals surface area contributed by atoms with Crippen molar-refractivity contribution in [1.29, 1.82) is 0 Å². The predicted octanol–water partition coefficient (Wildman–Crippen LogP) is 4.17. The van der Waals surface area contributed by atoms with Gasteiger partial charge in [-0.25, -0.2) is 13.4 Å². The smallest absolute Gasteiger partial charge is 0.263 e. The van der Waals surface area contributed by atoms with Gasteiger partial charge >= 0.3 is 0 Å². The molecule has 9 nitrogen and oxygen atoms in total. The van der Waals surface area contributed by atoms with Gasteiger partial charge in [-0.3, -0.25) is 9.52 Å². The first-order valence-electron chi connectivity index (χ1n) is 12.3. The fourth-order valence-electron chi connectivity index (χ4n) is 4.47. The molecule has 2 heterocycles. The maximum atomic E-state index is 12.9. The number of anilines is 3. The standard InChI is InChI=1S/C25H31ClN6O3S2/c1-3-31(21-8-10-22(11-9-21)37(34,35)30-25-28-17-29-36-25)14-5-13-27-24(33)18(2)32-15-4-6-19-16-20(26)7-12-23(19)32/h7-12,16-18H,3-6,13-15H2,1-2H3,(H,27,33)(H,28,29,30)/t18-/m1/s1. The Labute approximate surface area is 227 Å². The van der Waals surface area contributed by atoms with Gasteiger partial charge in [0.05, 0.1) is 4.90 Å². The summed E-state index contributed by atoms with van der Waals surface area (Å²) in [5.74, 6) is 0.00309. The number of aryl methyl sites for hydroxylation is 1. The largest absolute Gasteiger partial charge is 0.372 e. The maximum Gasteiger partial charge on any atom is 0.263 e. The van der Waals surface area contributed by atoms with Crippen LogP contribution in [-0.2, 0) is 21.2 Å². The molecule has 1 amide bonds. The first-order valence-corrected chi connectivity index (χ1v) is 14.9. The van der Waals surface area contributed by atoms with Crippen LogP contribution in [0.2, 0.25) is 5.02 Å². The zero-order valence-electron chi connectivity index (χ0n) is 20.9. The molecule has 0 aliphatic carbocycles. The van der Waals surface area contributed by atoms with Crippen LogP contribution in [0.25, 0.3) is 0 Å². The van der Waals surface area contributed by atoms with Gasteiger partial charge in [0, 0.05) is 54.1 Å². The SMILES string of the molecule is CCN(CCCNC(=O)[C@@H](C)N1CCCc2cc(Cl)ccc21)c1ccc(S(=O)(=O)Nc2ncns2)cc1. The number of aromatic nitrogens is 2. The second-order valence-corrected chi connectivity index (χ2v) is 11.7. The van der Waals surface area contributed by atoms with Gasteiger partial charge in [-0.05, 0) is 81.1 Å². The van der Waals surface area contributed by atoms with Crippen molar-refractivity contribution < 1.29 is 13.2 Å². The van der Waals surface area contributed by atoms with Crippen LogP contribution >= 0.6 is 23.1 Å². The Morgan fingerprint density at radius 1 is 1.24 bits per heavy atom. The molecule has 12 heteroatoms. The highest BCUT2D eigenvalue weighted by Crippen LogP contribution is 2.31. The van der Waals surface area contributed by atoms with Crippen molar-refractivity contribution in [3.05, 3.63) is 59.4 Å². The van der Waals surface area contributed by atoms with E-state index >= 15 is 0 Å². The molecule has 0 unspecified atom stereocenters. The number of carbonyl (C=O) groups is 1. The second-order valence-electron chi connectivity index (χ2n) is 8.82. The summed E-state index contributed by atoms with van der Waals surface area (Å²) >= 11 is 7.13. The first-order chi connectivity index (χ1) is 17.8. The lowest BCUT2D eigenvalue weighted by Gasteiger charge is -2.35. The number of amides is 1. The Balaban J connectivity index is 1.28. The normalized spacial score (nSPS) is 14.1. The summed E-state index contributed by atoms with van der Waals surface area (Å²) in [5, 5.41) is 4.02. The van der Waals surface area contributed by atoms with E-state index in [-0.39, 0.29) is 22.0 Å². The summed E-state index contributed by atoms with van der Waals surface area (Å²) in [7, 11) is -3.72. The summed E-state index contributed by atoms with van der Waals surface area (Å²) in [6.07, 6.45) is 4.03. The Bertz CT molecular complexity index is 1300. The second kappa shape index (κ2) is 12.1. The van der Waals surface area contributed by atoms with Crippen LogP contribution in [0.5, 0.6) is 0 Å². The van der Waals surface area contributed by atoms with E-state index in [1.54, 1.807) is 24.3 Å². The van der Waals surface area contributed by atoms with E-state index in [2.05, 4.69) is 29.2 Å². The highest BCUT2D eigenvalue weighted by Gasteiger charge is 2.26. The highest BCUT2D eigenvalue weighted by molar-refractivity contribution is 7.93. The van der Waals surface area contributed by atoms with Gasteiger partial charge in [0.25, 0.3) is 10.0 Å². The van der Waals surface area contributed by atoms with E-state index in [4.69, 9.17) is 11.6 Å². The number of carbonyl (C=O) groups excluding carboxylic acids is 1. The first kappa shape index (κ1) is 27.2. The summed E-state index contributed by atoms with van der Waals surface area (Å²) in [6, 6.07) is 12.3. The zero-order valence-corrected chi connectivity index (χ0v) is 23.2. The average Bonchev–Trinajstić information content (AvgIpc) is 3.40. The highest BCUT2D eigenvalue weighted by atomic mass is 35.5. The summed E-state index contributed by atoms with van der Waals surface area (Å²) < 4.78 is 31.3. The molecule has 198 valence electrons. The number of hydrogen-bond donors (Lipinski definition) is 2. The van der Waals surface area contributed by atoms with Gasteiger partial charge in [0.2, 0.25) is 11.0 Å². The molecule has 1 atom stereocenters. The molecule has 0 saturated heterocycles. The van der Waals surface area contributed by atoms with Crippen molar-refractivity contribution >= 4 is 55.6 Å². The van der Waals surface area contributed by atoms with Crippen molar-refractivity contribution in [3.63, 3.8) is 0 Å². The third kappa shape index (κ3) is 6.71. The van der Waals surface area contributed by atoms with Crippen LogP contribution in [0.1, 0.15) is 32.3 Å². The molecule has 0 spiro atoms. The number of rotatable bonds is 11. The number of nitrogens with one attached hydrogen (secondary N) is 2. The van der Waals surface area contributed by atoms with E-state index in [1.165, 1.54) is 11.9 Å². The third-order valence-electron chi connectivity index (χ3n) is 6.42. The third-order valence-corrected chi connectivity index (χ3v) is 8.72. The molecule has 1 aliphatic heterocycles. The molecule has 1 aliphatic rings. The topological polar surface area (TPSA) is 108 Å². The lowest BCUT2D eigenvalue weighted by Crippen LogP contribution is -2.47. The minimum Gasteiger partial charge on any atom is -0.372 e. The average molecular weight is 563 g/mol.